The highest BCUT2D eigenvalue weighted by atomic mass is 14.9. The van der Waals surface area contributed by atoms with Crippen molar-refractivity contribution in [2.75, 3.05) is 0 Å². The average molecular weight is 201 g/mol. The Hall–Kier alpha value is -1.24. The Kier molecular flexibility index (Phi) is 2.34. The SMILES string of the molecule is CC1=C(C(C)(C)C)NCc2ccccc21. The van der Waals surface area contributed by atoms with Crippen molar-refractivity contribution in [1.82, 2.24) is 5.32 Å². The fourth-order valence-electron chi connectivity index (χ4n) is 2.32. The van der Waals surface area contributed by atoms with Crippen LogP contribution in [-0.4, -0.2) is 0 Å². The monoisotopic (exact) mass is 201 g/mol. The molecular formula is C14H19N. The van der Waals surface area contributed by atoms with Gasteiger partial charge >= 0.3 is 0 Å². The molecule has 1 heteroatoms. The molecule has 0 radical (unpaired) electrons. The number of hydrogen-bond donors (Lipinski definition) is 1. The van der Waals surface area contributed by atoms with Gasteiger partial charge in [-0.25, -0.2) is 0 Å². The molecule has 0 bridgehead atoms. The van der Waals surface area contributed by atoms with Crippen LogP contribution in [0.25, 0.3) is 5.57 Å². The topological polar surface area (TPSA) is 12.0 Å². The van der Waals surface area contributed by atoms with Gasteiger partial charge in [0.05, 0.1) is 0 Å². The Morgan fingerprint density at radius 1 is 1.13 bits per heavy atom. The molecular weight excluding hydrogens is 182 g/mol. The Balaban J connectivity index is 2.54. The van der Waals surface area contributed by atoms with Crippen molar-refractivity contribution in [3.8, 4) is 0 Å². The van der Waals surface area contributed by atoms with E-state index in [1.807, 2.05) is 0 Å². The first-order valence-corrected chi connectivity index (χ1v) is 5.53. The molecule has 0 aliphatic carbocycles. The van der Waals surface area contributed by atoms with Gasteiger partial charge in [-0.15, -0.1) is 0 Å². The van der Waals surface area contributed by atoms with Crippen LogP contribution >= 0.6 is 0 Å². The highest BCUT2D eigenvalue weighted by Gasteiger charge is 2.23. The van der Waals surface area contributed by atoms with Gasteiger partial charge in [-0.2, -0.15) is 0 Å². The molecule has 0 amide bonds. The molecule has 80 valence electrons. The van der Waals surface area contributed by atoms with Crippen LogP contribution in [0.1, 0.15) is 38.8 Å². The van der Waals surface area contributed by atoms with Crippen LogP contribution in [-0.2, 0) is 6.54 Å². The largest absolute Gasteiger partial charge is 0.384 e. The van der Waals surface area contributed by atoms with Crippen molar-refractivity contribution >= 4 is 5.57 Å². The zero-order chi connectivity index (χ0) is 11.1. The van der Waals surface area contributed by atoms with E-state index in [1.165, 1.54) is 22.4 Å². The van der Waals surface area contributed by atoms with Gasteiger partial charge in [0, 0.05) is 17.7 Å². The van der Waals surface area contributed by atoms with E-state index < -0.39 is 0 Å². The summed E-state index contributed by atoms with van der Waals surface area (Å²) in [5.41, 5.74) is 5.78. The lowest BCUT2D eigenvalue weighted by molar-refractivity contribution is 0.457. The second kappa shape index (κ2) is 3.41. The lowest BCUT2D eigenvalue weighted by atomic mass is 9.83. The smallest absolute Gasteiger partial charge is 0.0404 e. The van der Waals surface area contributed by atoms with E-state index in [-0.39, 0.29) is 5.41 Å². The van der Waals surface area contributed by atoms with Crippen LogP contribution in [0.2, 0.25) is 0 Å². The fraction of sp³-hybridized carbons (Fsp3) is 0.429. The van der Waals surface area contributed by atoms with Crippen LogP contribution in [0.5, 0.6) is 0 Å². The van der Waals surface area contributed by atoms with Gasteiger partial charge in [-0.3, -0.25) is 0 Å². The van der Waals surface area contributed by atoms with Gasteiger partial charge in [-0.05, 0) is 23.6 Å². The van der Waals surface area contributed by atoms with Crippen molar-refractivity contribution in [3.05, 3.63) is 41.1 Å². The zero-order valence-corrected chi connectivity index (χ0v) is 10.0. The molecule has 15 heavy (non-hydrogen) atoms. The molecule has 0 aromatic heterocycles. The van der Waals surface area contributed by atoms with E-state index in [0.29, 0.717) is 0 Å². The minimum Gasteiger partial charge on any atom is -0.384 e. The predicted molar refractivity (Wildman–Crippen MR) is 65.3 cm³/mol. The fourth-order valence-corrected chi connectivity index (χ4v) is 2.32. The number of rotatable bonds is 0. The van der Waals surface area contributed by atoms with E-state index in [2.05, 4.69) is 57.3 Å². The minimum absolute atomic E-state index is 0.206. The summed E-state index contributed by atoms with van der Waals surface area (Å²) < 4.78 is 0. The second-order valence-corrected chi connectivity index (χ2v) is 5.26. The van der Waals surface area contributed by atoms with Crippen LogP contribution < -0.4 is 5.32 Å². The van der Waals surface area contributed by atoms with Crippen molar-refractivity contribution < 1.29 is 0 Å². The standard InChI is InChI=1S/C14H19N/c1-10-12-8-6-5-7-11(12)9-15-13(10)14(2,3)4/h5-8,15H,9H2,1-4H3. The molecule has 1 aromatic carbocycles. The number of nitrogens with one attached hydrogen (secondary N) is 1. The first-order chi connectivity index (χ1) is 7.00. The molecule has 0 saturated heterocycles. The zero-order valence-electron chi connectivity index (χ0n) is 10.0. The Labute approximate surface area is 92.2 Å². The highest BCUT2D eigenvalue weighted by Crippen LogP contribution is 2.34. The summed E-state index contributed by atoms with van der Waals surface area (Å²) in [6.45, 7) is 9.94. The first kappa shape index (κ1) is 10.3. The molecule has 1 heterocycles. The average Bonchev–Trinajstić information content (AvgIpc) is 2.16. The van der Waals surface area contributed by atoms with Crippen LogP contribution in [0, 0.1) is 5.41 Å². The third kappa shape index (κ3) is 1.79. The van der Waals surface area contributed by atoms with Gasteiger partial charge < -0.3 is 5.32 Å². The molecule has 1 aliphatic rings. The summed E-state index contributed by atoms with van der Waals surface area (Å²) in [6.07, 6.45) is 0. The molecule has 0 unspecified atom stereocenters. The Bertz CT molecular complexity index is 408. The third-order valence-electron chi connectivity index (χ3n) is 3.00. The van der Waals surface area contributed by atoms with E-state index in [1.54, 1.807) is 0 Å². The van der Waals surface area contributed by atoms with E-state index in [9.17, 15) is 0 Å². The number of allylic oxidation sites excluding steroid dienone is 2. The molecule has 0 saturated carbocycles. The number of hydrogen-bond acceptors (Lipinski definition) is 1. The molecule has 0 spiro atoms. The van der Waals surface area contributed by atoms with E-state index in [0.717, 1.165) is 6.54 Å². The van der Waals surface area contributed by atoms with Gasteiger partial charge in [0.2, 0.25) is 0 Å². The van der Waals surface area contributed by atoms with Crippen LogP contribution in [0.15, 0.2) is 30.0 Å². The lowest BCUT2D eigenvalue weighted by Gasteiger charge is -2.31. The van der Waals surface area contributed by atoms with E-state index >= 15 is 0 Å². The summed E-state index contributed by atoms with van der Waals surface area (Å²) in [6, 6.07) is 8.65. The maximum absolute atomic E-state index is 3.54. The quantitative estimate of drug-likeness (QED) is 0.676. The van der Waals surface area contributed by atoms with Crippen molar-refractivity contribution in [1.29, 1.82) is 0 Å². The predicted octanol–water partition coefficient (Wildman–Crippen LogP) is 3.57. The normalized spacial score (nSPS) is 16.0. The Morgan fingerprint density at radius 2 is 1.80 bits per heavy atom. The van der Waals surface area contributed by atoms with Crippen molar-refractivity contribution in [2.45, 2.75) is 34.2 Å². The second-order valence-electron chi connectivity index (χ2n) is 5.26. The Morgan fingerprint density at radius 3 is 2.47 bits per heavy atom. The maximum Gasteiger partial charge on any atom is 0.0404 e. The van der Waals surface area contributed by atoms with E-state index in [4.69, 9.17) is 0 Å². The van der Waals surface area contributed by atoms with Gasteiger partial charge in [0.15, 0.2) is 0 Å². The van der Waals surface area contributed by atoms with Crippen molar-refractivity contribution in [2.24, 2.45) is 5.41 Å². The first-order valence-electron chi connectivity index (χ1n) is 5.53. The molecule has 0 fully saturated rings. The maximum atomic E-state index is 3.54. The summed E-state index contributed by atoms with van der Waals surface area (Å²) in [4.78, 5) is 0. The minimum atomic E-state index is 0.206. The van der Waals surface area contributed by atoms with Crippen LogP contribution in [0.3, 0.4) is 0 Å². The molecule has 1 aliphatic heterocycles. The third-order valence-corrected chi connectivity index (χ3v) is 3.00. The molecule has 1 aromatic rings. The van der Waals surface area contributed by atoms with Crippen LogP contribution in [0.4, 0.5) is 0 Å². The molecule has 1 N–H and O–H groups in total. The summed E-state index contributed by atoms with van der Waals surface area (Å²) >= 11 is 0. The lowest BCUT2D eigenvalue weighted by Crippen LogP contribution is -2.28. The van der Waals surface area contributed by atoms with Gasteiger partial charge in [0.25, 0.3) is 0 Å². The molecule has 2 rings (SSSR count). The summed E-state index contributed by atoms with van der Waals surface area (Å²) in [5, 5.41) is 3.54. The summed E-state index contributed by atoms with van der Waals surface area (Å²) in [7, 11) is 0. The van der Waals surface area contributed by atoms with Gasteiger partial charge in [-0.1, -0.05) is 45.0 Å². The van der Waals surface area contributed by atoms with Crippen molar-refractivity contribution in [3.63, 3.8) is 0 Å². The summed E-state index contributed by atoms with van der Waals surface area (Å²) in [5.74, 6) is 0. The molecule has 1 nitrogen and oxygen atoms in total. The number of benzene rings is 1. The molecule has 0 atom stereocenters. The number of fused-ring (bicyclic) bond motifs is 1. The highest BCUT2D eigenvalue weighted by molar-refractivity contribution is 5.71. The van der Waals surface area contributed by atoms with Gasteiger partial charge in [0.1, 0.15) is 0 Å².